The Labute approximate surface area is 102 Å². The minimum absolute atomic E-state index is 0.251. The van der Waals surface area contributed by atoms with Crippen LogP contribution in [-0.4, -0.2) is 6.04 Å². The summed E-state index contributed by atoms with van der Waals surface area (Å²) in [7, 11) is 0. The number of hydrogen-bond donors (Lipinski definition) is 1. The third kappa shape index (κ3) is 4.54. The van der Waals surface area contributed by atoms with Gasteiger partial charge in [-0.15, -0.1) is 0 Å². The van der Waals surface area contributed by atoms with Crippen molar-refractivity contribution in [3.8, 4) is 6.07 Å². The monoisotopic (exact) mass is 234 g/mol. The summed E-state index contributed by atoms with van der Waals surface area (Å²) in [6.07, 6.45) is 3.44. The van der Waals surface area contributed by atoms with E-state index in [1.54, 1.807) is 6.07 Å². The smallest absolute Gasteiger partial charge is 0.127 e. The van der Waals surface area contributed by atoms with E-state index in [1.165, 1.54) is 25.0 Å². The van der Waals surface area contributed by atoms with Crippen LogP contribution in [-0.2, 0) is 6.54 Å². The predicted molar refractivity (Wildman–Crippen MR) is 66.9 cm³/mol. The van der Waals surface area contributed by atoms with Gasteiger partial charge >= 0.3 is 0 Å². The number of nitrogens with zero attached hydrogens (tertiary/aromatic N) is 1. The molecule has 1 aromatic rings. The Hall–Kier alpha value is -1.40. The Morgan fingerprint density at radius 2 is 2.24 bits per heavy atom. The van der Waals surface area contributed by atoms with Crippen molar-refractivity contribution in [1.82, 2.24) is 5.32 Å². The van der Waals surface area contributed by atoms with Crippen LogP contribution < -0.4 is 5.32 Å². The molecule has 0 bridgehead atoms. The zero-order valence-electron chi connectivity index (χ0n) is 10.5. The molecule has 0 saturated heterocycles. The van der Waals surface area contributed by atoms with E-state index in [1.807, 2.05) is 6.07 Å². The molecule has 0 aromatic heterocycles. The van der Waals surface area contributed by atoms with Crippen LogP contribution in [0.2, 0.25) is 0 Å². The zero-order chi connectivity index (χ0) is 12.7. The van der Waals surface area contributed by atoms with Crippen molar-refractivity contribution in [2.24, 2.45) is 0 Å². The van der Waals surface area contributed by atoms with Gasteiger partial charge in [0.1, 0.15) is 5.82 Å². The molecule has 0 aliphatic rings. The highest BCUT2D eigenvalue weighted by Gasteiger charge is 2.06. The van der Waals surface area contributed by atoms with Gasteiger partial charge in [0.2, 0.25) is 0 Å². The quantitative estimate of drug-likeness (QED) is 0.819. The van der Waals surface area contributed by atoms with Gasteiger partial charge < -0.3 is 5.32 Å². The minimum atomic E-state index is -0.251. The Kier molecular flexibility index (Phi) is 5.65. The molecule has 0 aliphatic carbocycles. The average molecular weight is 234 g/mol. The second-order valence-electron chi connectivity index (χ2n) is 4.34. The molecule has 1 aromatic carbocycles. The lowest BCUT2D eigenvalue weighted by Crippen LogP contribution is -2.25. The standard InChI is InChI=1S/C14H19FN2/c1-3-4-5-11(2)17-10-13-8-12(9-16)6-7-14(13)15/h6-8,11,17H,3-5,10H2,1-2H3. The first-order valence-electron chi connectivity index (χ1n) is 6.09. The van der Waals surface area contributed by atoms with Crippen molar-refractivity contribution >= 4 is 0 Å². The largest absolute Gasteiger partial charge is 0.310 e. The number of nitriles is 1. The lowest BCUT2D eigenvalue weighted by Gasteiger charge is -2.13. The second kappa shape index (κ2) is 7.03. The summed E-state index contributed by atoms with van der Waals surface area (Å²) in [5.74, 6) is -0.251. The first-order valence-corrected chi connectivity index (χ1v) is 6.09. The fraction of sp³-hybridized carbons (Fsp3) is 0.500. The highest BCUT2D eigenvalue weighted by molar-refractivity contribution is 5.33. The number of hydrogen-bond acceptors (Lipinski definition) is 2. The van der Waals surface area contributed by atoms with E-state index in [9.17, 15) is 4.39 Å². The number of rotatable bonds is 6. The van der Waals surface area contributed by atoms with Crippen molar-refractivity contribution in [3.63, 3.8) is 0 Å². The molecule has 1 unspecified atom stereocenters. The molecule has 0 radical (unpaired) electrons. The van der Waals surface area contributed by atoms with Gasteiger partial charge in [0.05, 0.1) is 11.6 Å². The summed E-state index contributed by atoms with van der Waals surface area (Å²) in [4.78, 5) is 0. The van der Waals surface area contributed by atoms with Gasteiger partial charge in [0.25, 0.3) is 0 Å². The van der Waals surface area contributed by atoms with Gasteiger partial charge in [-0.1, -0.05) is 19.8 Å². The molecule has 1 atom stereocenters. The molecule has 0 saturated carbocycles. The van der Waals surface area contributed by atoms with Gasteiger partial charge in [-0.3, -0.25) is 0 Å². The van der Waals surface area contributed by atoms with Crippen LogP contribution in [0.3, 0.4) is 0 Å². The summed E-state index contributed by atoms with van der Waals surface area (Å²) in [5.41, 5.74) is 1.07. The Bertz CT molecular complexity index is 396. The van der Waals surface area contributed by atoms with Crippen LogP contribution in [0.15, 0.2) is 18.2 Å². The van der Waals surface area contributed by atoms with Crippen LogP contribution >= 0.6 is 0 Å². The maximum absolute atomic E-state index is 13.5. The maximum atomic E-state index is 13.5. The van der Waals surface area contributed by atoms with Crippen molar-refractivity contribution in [1.29, 1.82) is 5.26 Å². The van der Waals surface area contributed by atoms with Gasteiger partial charge in [0, 0.05) is 18.2 Å². The molecule has 17 heavy (non-hydrogen) atoms. The molecule has 1 rings (SSSR count). The van der Waals surface area contributed by atoms with Crippen molar-refractivity contribution in [2.45, 2.75) is 45.7 Å². The van der Waals surface area contributed by atoms with Gasteiger partial charge in [0.15, 0.2) is 0 Å². The Morgan fingerprint density at radius 3 is 2.88 bits per heavy atom. The number of benzene rings is 1. The molecule has 0 heterocycles. The SMILES string of the molecule is CCCCC(C)NCc1cc(C#N)ccc1F. The lowest BCUT2D eigenvalue weighted by molar-refractivity contribution is 0.485. The fourth-order valence-electron chi connectivity index (χ4n) is 1.68. The van der Waals surface area contributed by atoms with Crippen molar-refractivity contribution in [3.05, 3.63) is 35.1 Å². The van der Waals surface area contributed by atoms with Gasteiger partial charge in [-0.05, 0) is 31.5 Å². The molecule has 0 amide bonds. The highest BCUT2D eigenvalue weighted by atomic mass is 19.1. The third-order valence-electron chi connectivity index (χ3n) is 2.81. The van der Waals surface area contributed by atoms with Crippen molar-refractivity contribution < 1.29 is 4.39 Å². The van der Waals surface area contributed by atoms with E-state index in [2.05, 4.69) is 19.2 Å². The average Bonchev–Trinajstić information content (AvgIpc) is 2.35. The maximum Gasteiger partial charge on any atom is 0.127 e. The van der Waals surface area contributed by atoms with E-state index in [0.717, 1.165) is 6.42 Å². The molecular weight excluding hydrogens is 215 g/mol. The van der Waals surface area contributed by atoms with E-state index in [-0.39, 0.29) is 5.82 Å². The second-order valence-corrected chi connectivity index (χ2v) is 4.34. The molecule has 92 valence electrons. The first kappa shape index (κ1) is 13.7. The third-order valence-corrected chi connectivity index (χ3v) is 2.81. The zero-order valence-corrected chi connectivity index (χ0v) is 10.5. The van der Waals surface area contributed by atoms with Crippen LogP contribution in [0.25, 0.3) is 0 Å². The molecule has 3 heteroatoms. The highest BCUT2D eigenvalue weighted by Crippen LogP contribution is 2.10. The van der Waals surface area contributed by atoms with Crippen LogP contribution in [0.5, 0.6) is 0 Å². The molecule has 0 spiro atoms. The molecule has 2 nitrogen and oxygen atoms in total. The van der Waals surface area contributed by atoms with Gasteiger partial charge in [-0.2, -0.15) is 5.26 Å². The van der Waals surface area contributed by atoms with E-state index in [0.29, 0.717) is 23.7 Å². The van der Waals surface area contributed by atoms with Crippen molar-refractivity contribution in [2.75, 3.05) is 0 Å². The minimum Gasteiger partial charge on any atom is -0.310 e. The number of halogens is 1. The fourth-order valence-corrected chi connectivity index (χ4v) is 1.68. The summed E-state index contributed by atoms with van der Waals surface area (Å²) in [5, 5.41) is 12.0. The Balaban J connectivity index is 2.54. The summed E-state index contributed by atoms with van der Waals surface area (Å²) in [6.45, 7) is 4.73. The van der Waals surface area contributed by atoms with Crippen LogP contribution in [0, 0.1) is 17.1 Å². The predicted octanol–water partition coefficient (Wildman–Crippen LogP) is 3.37. The van der Waals surface area contributed by atoms with E-state index >= 15 is 0 Å². The molecule has 1 N–H and O–H groups in total. The molecule has 0 fully saturated rings. The number of nitrogens with one attached hydrogen (secondary N) is 1. The van der Waals surface area contributed by atoms with E-state index < -0.39 is 0 Å². The summed E-state index contributed by atoms with van der Waals surface area (Å²) < 4.78 is 13.5. The topological polar surface area (TPSA) is 35.8 Å². The lowest BCUT2D eigenvalue weighted by atomic mass is 10.1. The number of unbranched alkanes of at least 4 members (excludes halogenated alkanes) is 1. The van der Waals surface area contributed by atoms with Gasteiger partial charge in [-0.25, -0.2) is 4.39 Å². The van der Waals surface area contributed by atoms with Crippen LogP contribution in [0.4, 0.5) is 4.39 Å². The molecule has 0 aliphatic heterocycles. The summed E-state index contributed by atoms with van der Waals surface area (Å²) >= 11 is 0. The van der Waals surface area contributed by atoms with Crippen LogP contribution in [0.1, 0.15) is 44.2 Å². The first-order chi connectivity index (χ1) is 8.17. The normalized spacial score (nSPS) is 12.1. The molecular formula is C14H19FN2. The summed E-state index contributed by atoms with van der Waals surface area (Å²) in [6, 6.07) is 6.86. The van der Waals surface area contributed by atoms with E-state index in [4.69, 9.17) is 5.26 Å². The Morgan fingerprint density at radius 1 is 1.47 bits per heavy atom.